The molecule has 0 heterocycles. The Morgan fingerprint density at radius 2 is 1.62 bits per heavy atom. The van der Waals surface area contributed by atoms with Crippen molar-refractivity contribution in [2.24, 2.45) is 0 Å². The SMILES string of the molecule is CC[C@@H](C(=O)NC)N(Cc1ccc(Cl)c(Cl)c1)C(=O)CN(c1ccc(I)cc1)S(=O)(=O)c1ccccc1. The molecular formula is C26H26Cl2IN3O4S. The highest BCUT2D eigenvalue weighted by molar-refractivity contribution is 14.1. The normalized spacial score (nSPS) is 12.0. The van der Waals surface area contributed by atoms with Gasteiger partial charge < -0.3 is 10.2 Å². The number of nitrogens with one attached hydrogen (secondary N) is 1. The van der Waals surface area contributed by atoms with E-state index >= 15 is 0 Å². The van der Waals surface area contributed by atoms with Crippen LogP contribution in [0.5, 0.6) is 0 Å². The number of hydrogen-bond acceptors (Lipinski definition) is 4. The lowest BCUT2D eigenvalue weighted by atomic mass is 10.1. The summed E-state index contributed by atoms with van der Waals surface area (Å²) < 4.78 is 29.4. The van der Waals surface area contributed by atoms with Crippen molar-refractivity contribution < 1.29 is 18.0 Å². The van der Waals surface area contributed by atoms with Crippen LogP contribution in [0.2, 0.25) is 10.0 Å². The highest BCUT2D eigenvalue weighted by Gasteiger charge is 2.33. The largest absolute Gasteiger partial charge is 0.357 e. The number of likely N-dealkylation sites (N-methyl/N-ethyl adjacent to an activating group) is 1. The van der Waals surface area contributed by atoms with Crippen LogP contribution in [0.15, 0.2) is 77.7 Å². The van der Waals surface area contributed by atoms with E-state index in [0.717, 1.165) is 7.88 Å². The average Bonchev–Trinajstić information content (AvgIpc) is 2.89. The average molecular weight is 674 g/mol. The number of hydrogen-bond donors (Lipinski definition) is 1. The van der Waals surface area contributed by atoms with Gasteiger partial charge in [-0.15, -0.1) is 0 Å². The second kappa shape index (κ2) is 12.9. The van der Waals surface area contributed by atoms with E-state index in [4.69, 9.17) is 23.2 Å². The van der Waals surface area contributed by atoms with E-state index in [2.05, 4.69) is 27.9 Å². The van der Waals surface area contributed by atoms with Gasteiger partial charge >= 0.3 is 0 Å². The molecule has 0 unspecified atom stereocenters. The van der Waals surface area contributed by atoms with Crippen LogP contribution < -0.4 is 9.62 Å². The minimum absolute atomic E-state index is 0.0353. The number of rotatable bonds is 10. The first-order valence-corrected chi connectivity index (χ1v) is 14.6. The summed E-state index contributed by atoms with van der Waals surface area (Å²) in [6.07, 6.45) is 0.321. The number of carbonyl (C=O) groups is 2. The summed E-state index contributed by atoms with van der Waals surface area (Å²) >= 11 is 14.4. The number of carbonyl (C=O) groups excluding carboxylic acids is 2. The van der Waals surface area contributed by atoms with Gasteiger partial charge in [0, 0.05) is 17.2 Å². The summed E-state index contributed by atoms with van der Waals surface area (Å²) in [6.45, 7) is 1.31. The fraction of sp³-hybridized carbons (Fsp3) is 0.231. The van der Waals surface area contributed by atoms with Gasteiger partial charge in [0.1, 0.15) is 12.6 Å². The number of amides is 2. The third kappa shape index (κ3) is 7.16. The second-order valence-electron chi connectivity index (χ2n) is 8.11. The highest BCUT2D eigenvalue weighted by atomic mass is 127. The topological polar surface area (TPSA) is 86.8 Å². The van der Waals surface area contributed by atoms with E-state index in [1.165, 1.54) is 24.1 Å². The van der Waals surface area contributed by atoms with Crippen molar-refractivity contribution >= 4 is 73.3 Å². The molecule has 1 atom stereocenters. The van der Waals surface area contributed by atoms with Crippen molar-refractivity contribution in [3.8, 4) is 0 Å². The molecule has 0 aliphatic rings. The number of anilines is 1. The Kier molecular flexibility index (Phi) is 10.2. The molecule has 1 N–H and O–H groups in total. The second-order valence-corrected chi connectivity index (χ2v) is 12.0. The van der Waals surface area contributed by atoms with Crippen LogP contribution in [0.1, 0.15) is 18.9 Å². The molecule has 0 radical (unpaired) electrons. The van der Waals surface area contributed by atoms with E-state index in [9.17, 15) is 18.0 Å². The molecule has 7 nitrogen and oxygen atoms in total. The third-order valence-corrected chi connectivity index (χ3v) is 8.94. The first kappa shape index (κ1) is 29.2. The first-order valence-electron chi connectivity index (χ1n) is 11.4. The molecular weight excluding hydrogens is 648 g/mol. The Morgan fingerprint density at radius 1 is 0.973 bits per heavy atom. The minimum atomic E-state index is -4.09. The highest BCUT2D eigenvalue weighted by Crippen LogP contribution is 2.27. The van der Waals surface area contributed by atoms with Gasteiger partial charge in [0.05, 0.1) is 20.6 Å². The van der Waals surface area contributed by atoms with Crippen molar-refractivity contribution in [3.05, 3.63) is 92.0 Å². The lowest BCUT2D eigenvalue weighted by molar-refractivity contribution is -0.140. The monoisotopic (exact) mass is 673 g/mol. The maximum Gasteiger partial charge on any atom is 0.264 e. The van der Waals surface area contributed by atoms with Crippen molar-refractivity contribution in [2.75, 3.05) is 17.9 Å². The van der Waals surface area contributed by atoms with Gasteiger partial charge in [-0.05, 0) is 83.1 Å². The fourth-order valence-electron chi connectivity index (χ4n) is 3.78. The molecule has 3 rings (SSSR count). The molecule has 11 heteroatoms. The van der Waals surface area contributed by atoms with Crippen molar-refractivity contribution in [2.45, 2.75) is 30.8 Å². The summed E-state index contributed by atoms with van der Waals surface area (Å²) in [6, 6.07) is 18.9. The molecule has 0 fully saturated rings. The molecule has 196 valence electrons. The lowest BCUT2D eigenvalue weighted by Crippen LogP contribution is -2.51. The zero-order valence-corrected chi connectivity index (χ0v) is 24.7. The molecule has 2 amide bonds. The lowest BCUT2D eigenvalue weighted by Gasteiger charge is -2.33. The predicted octanol–water partition coefficient (Wildman–Crippen LogP) is 5.35. The van der Waals surface area contributed by atoms with E-state index in [0.29, 0.717) is 27.7 Å². The molecule has 0 aliphatic carbocycles. The molecule has 0 aliphatic heterocycles. The van der Waals surface area contributed by atoms with Crippen LogP contribution >= 0.6 is 45.8 Å². The zero-order valence-electron chi connectivity index (χ0n) is 20.2. The van der Waals surface area contributed by atoms with E-state index < -0.39 is 28.5 Å². The number of halogens is 3. The van der Waals surface area contributed by atoms with Gasteiger partial charge in [0.15, 0.2) is 0 Å². The molecule has 0 saturated heterocycles. The Hall–Kier alpha value is -2.34. The van der Waals surface area contributed by atoms with Gasteiger partial charge in [0.2, 0.25) is 11.8 Å². The Labute approximate surface area is 240 Å². The fourth-order valence-corrected chi connectivity index (χ4v) is 5.89. The first-order chi connectivity index (χ1) is 17.6. The van der Waals surface area contributed by atoms with Crippen LogP contribution in [0.25, 0.3) is 0 Å². The zero-order chi connectivity index (χ0) is 27.2. The van der Waals surface area contributed by atoms with E-state index in [1.54, 1.807) is 67.6 Å². The van der Waals surface area contributed by atoms with Crippen LogP contribution in [-0.2, 0) is 26.2 Å². The summed E-state index contributed by atoms with van der Waals surface area (Å²) in [7, 11) is -2.60. The molecule has 0 saturated carbocycles. The van der Waals surface area contributed by atoms with Crippen LogP contribution in [-0.4, -0.2) is 44.8 Å². The molecule has 0 aromatic heterocycles. The summed E-state index contributed by atoms with van der Waals surface area (Å²) in [5, 5.41) is 3.27. The minimum Gasteiger partial charge on any atom is -0.357 e. The van der Waals surface area contributed by atoms with Crippen molar-refractivity contribution in [3.63, 3.8) is 0 Å². The number of sulfonamides is 1. The van der Waals surface area contributed by atoms with Gasteiger partial charge in [0.25, 0.3) is 10.0 Å². The smallest absolute Gasteiger partial charge is 0.264 e. The van der Waals surface area contributed by atoms with Gasteiger partial charge in [-0.25, -0.2) is 8.42 Å². The summed E-state index contributed by atoms with van der Waals surface area (Å²) in [5.41, 5.74) is 0.983. The molecule has 3 aromatic rings. The van der Waals surface area contributed by atoms with Gasteiger partial charge in [-0.3, -0.25) is 13.9 Å². The summed E-state index contributed by atoms with van der Waals surface area (Å²) in [4.78, 5) is 28.0. The Balaban J connectivity index is 2.05. The third-order valence-electron chi connectivity index (χ3n) is 5.69. The van der Waals surface area contributed by atoms with Crippen LogP contribution in [0, 0.1) is 3.57 Å². The van der Waals surface area contributed by atoms with Crippen LogP contribution in [0.4, 0.5) is 5.69 Å². The standard InChI is InChI=1S/C26H26Cl2IN3O4S/c1-3-24(26(34)30-2)31(16-18-9-14-22(27)23(28)15-18)25(33)17-32(20-12-10-19(29)11-13-20)37(35,36)21-7-5-4-6-8-21/h4-15,24H,3,16-17H2,1-2H3,(H,30,34)/t24-/m0/s1. The molecule has 3 aromatic carbocycles. The maximum absolute atomic E-state index is 13.8. The van der Waals surface area contributed by atoms with Crippen LogP contribution in [0.3, 0.4) is 0 Å². The Morgan fingerprint density at radius 3 is 2.19 bits per heavy atom. The van der Waals surface area contributed by atoms with Gasteiger partial charge in [-0.1, -0.05) is 54.4 Å². The molecule has 37 heavy (non-hydrogen) atoms. The predicted molar refractivity (Wildman–Crippen MR) is 155 cm³/mol. The quantitative estimate of drug-likeness (QED) is 0.294. The summed E-state index contributed by atoms with van der Waals surface area (Å²) in [5.74, 6) is -0.901. The Bertz CT molecular complexity index is 1360. The van der Waals surface area contributed by atoms with E-state index in [-0.39, 0.29) is 17.3 Å². The maximum atomic E-state index is 13.8. The number of benzene rings is 3. The molecule has 0 bridgehead atoms. The van der Waals surface area contributed by atoms with E-state index in [1.807, 2.05) is 0 Å². The van der Waals surface area contributed by atoms with Crippen molar-refractivity contribution in [1.29, 1.82) is 0 Å². The molecule has 0 spiro atoms. The van der Waals surface area contributed by atoms with Crippen molar-refractivity contribution in [1.82, 2.24) is 10.2 Å². The van der Waals surface area contributed by atoms with Gasteiger partial charge in [-0.2, -0.15) is 0 Å². The number of nitrogens with zero attached hydrogens (tertiary/aromatic N) is 2.